The van der Waals surface area contributed by atoms with E-state index < -0.39 is 29.0 Å². The minimum absolute atomic E-state index is 0.129. The van der Waals surface area contributed by atoms with Crippen molar-refractivity contribution in [2.45, 2.75) is 13.2 Å². The number of para-hydroxylation sites is 1. The third-order valence-corrected chi connectivity index (χ3v) is 4.09. The van der Waals surface area contributed by atoms with Crippen molar-refractivity contribution in [2.75, 3.05) is 12.5 Å². The summed E-state index contributed by atoms with van der Waals surface area (Å²) in [6.07, 6.45) is 0. The topological polar surface area (TPSA) is 42.5 Å². The molecule has 3 aromatic rings. The van der Waals surface area contributed by atoms with Gasteiger partial charge >= 0.3 is 0 Å². The van der Waals surface area contributed by atoms with Crippen LogP contribution in [0.2, 0.25) is 0 Å². The van der Waals surface area contributed by atoms with Crippen molar-refractivity contribution in [1.29, 1.82) is 0 Å². The van der Waals surface area contributed by atoms with Gasteiger partial charge in [-0.25, -0.2) is 14.2 Å². The van der Waals surface area contributed by atoms with Crippen molar-refractivity contribution in [3.05, 3.63) is 89.0 Å². The number of anilines is 1. The van der Waals surface area contributed by atoms with Gasteiger partial charge in [-0.2, -0.15) is 8.78 Å². The average molecular weight is 406 g/mol. The Morgan fingerprint density at radius 2 is 1.55 bits per heavy atom. The lowest BCUT2D eigenvalue weighted by molar-refractivity contribution is 0.256. The highest BCUT2D eigenvalue weighted by molar-refractivity contribution is 5.42. The molecule has 0 radical (unpaired) electrons. The van der Waals surface area contributed by atoms with Gasteiger partial charge in [0.15, 0.2) is 17.4 Å². The molecule has 0 bridgehead atoms. The first-order valence-corrected chi connectivity index (χ1v) is 8.65. The van der Waals surface area contributed by atoms with Crippen LogP contribution in [-0.4, -0.2) is 7.11 Å². The number of hydrogen-bond acceptors (Lipinski definition) is 4. The van der Waals surface area contributed by atoms with Crippen LogP contribution in [0.3, 0.4) is 0 Å². The summed E-state index contributed by atoms with van der Waals surface area (Å²) in [5, 5.41) is 0. The molecular weight excluding hydrogens is 388 g/mol. The van der Waals surface area contributed by atoms with Crippen LogP contribution in [0, 0.1) is 23.3 Å². The van der Waals surface area contributed by atoms with E-state index in [2.05, 4.69) is 10.9 Å². The Hall–Kier alpha value is -3.26. The summed E-state index contributed by atoms with van der Waals surface area (Å²) in [6.45, 7) is 0.0725. The van der Waals surface area contributed by atoms with E-state index >= 15 is 0 Å². The highest BCUT2D eigenvalue weighted by atomic mass is 19.2. The number of hydrogen-bond donors (Lipinski definition) is 2. The van der Waals surface area contributed by atoms with Crippen molar-refractivity contribution < 1.29 is 27.0 Å². The molecule has 3 aromatic carbocycles. The number of halogens is 4. The lowest BCUT2D eigenvalue weighted by Crippen LogP contribution is -2.20. The summed E-state index contributed by atoms with van der Waals surface area (Å²) in [6, 6.07) is 14.7. The van der Waals surface area contributed by atoms with Gasteiger partial charge < -0.3 is 14.9 Å². The predicted octanol–water partition coefficient (Wildman–Crippen LogP) is 4.95. The molecule has 0 unspecified atom stereocenters. The maximum Gasteiger partial charge on any atom is 0.203 e. The number of nitrogens with one attached hydrogen (secondary N) is 2. The van der Waals surface area contributed by atoms with Crippen LogP contribution < -0.4 is 20.3 Å². The van der Waals surface area contributed by atoms with Crippen LogP contribution in [0.4, 0.5) is 23.2 Å². The van der Waals surface area contributed by atoms with E-state index in [4.69, 9.17) is 9.47 Å². The normalized spacial score (nSPS) is 10.7. The maximum atomic E-state index is 13.8. The second kappa shape index (κ2) is 9.29. The Labute approximate surface area is 165 Å². The van der Waals surface area contributed by atoms with Gasteiger partial charge in [0.1, 0.15) is 12.4 Å². The first kappa shape index (κ1) is 20.5. The quantitative estimate of drug-likeness (QED) is 0.316. The largest absolute Gasteiger partial charge is 0.496 e. The molecule has 0 amide bonds. The molecule has 0 aromatic heterocycles. The molecule has 0 aliphatic heterocycles. The van der Waals surface area contributed by atoms with Gasteiger partial charge in [-0.05, 0) is 29.8 Å². The first-order chi connectivity index (χ1) is 14.0. The number of ether oxygens (including phenoxy) is 2. The Bertz CT molecular complexity index is 958. The van der Waals surface area contributed by atoms with Gasteiger partial charge in [0.25, 0.3) is 0 Å². The van der Waals surface area contributed by atoms with E-state index in [1.165, 1.54) is 7.11 Å². The van der Waals surface area contributed by atoms with Crippen LogP contribution in [0.15, 0.2) is 54.6 Å². The molecule has 152 valence electrons. The molecule has 0 spiro atoms. The number of methoxy groups -OCH3 is 1. The van der Waals surface area contributed by atoms with Crippen LogP contribution in [0.5, 0.6) is 11.5 Å². The molecule has 0 saturated carbocycles. The SMILES string of the molecule is COc1ccc(CNNc2ccccc2)cc1COc1c(F)c(F)cc(F)c1F. The summed E-state index contributed by atoms with van der Waals surface area (Å²) in [7, 11) is 1.43. The van der Waals surface area contributed by atoms with Gasteiger partial charge in [0.2, 0.25) is 11.6 Å². The van der Waals surface area contributed by atoms with Crippen molar-refractivity contribution in [2.24, 2.45) is 0 Å². The Balaban J connectivity index is 1.71. The van der Waals surface area contributed by atoms with Gasteiger partial charge in [-0.1, -0.05) is 24.3 Å². The van der Waals surface area contributed by atoms with Crippen molar-refractivity contribution in [3.8, 4) is 11.5 Å². The lowest BCUT2D eigenvalue weighted by atomic mass is 10.1. The molecule has 3 rings (SSSR count). The number of benzene rings is 3. The lowest BCUT2D eigenvalue weighted by Gasteiger charge is -2.14. The third-order valence-electron chi connectivity index (χ3n) is 4.09. The van der Waals surface area contributed by atoms with Crippen molar-refractivity contribution in [1.82, 2.24) is 5.43 Å². The zero-order valence-electron chi connectivity index (χ0n) is 15.4. The van der Waals surface area contributed by atoms with Crippen LogP contribution >= 0.6 is 0 Å². The minimum atomic E-state index is -1.59. The smallest absolute Gasteiger partial charge is 0.203 e. The summed E-state index contributed by atoms with van der Waals surface area (Å²) in [4.78, 5) is 0. The summed E-state index contributed by atoms with van der Waals surface area (Å²) >= 11 is 0. The second-order valence-corrected chi connectivity index (χ2v) is 6.08. The van der Waals surface area contributed by atoms with E-state index in [-0.39, 0.29) is 12.7 Å². The summed E-state index contributed by atoms with van der Waals surface area (Å²) in [5.74, 6) is -6.95. The molecule has 0 fully saturated rings. The molecule has 0 atom stereocenters. The van der Waals surface area contributed by atoms with E-state index in [1.807, 2.05) is 30.3 Å². The standard InChI is InChI=1S/C21H18F4N2O2/c1-28-18-8-7-13(11-26-27-15-5-3-2-4-6-15)9-14(18)12-29-21-19(24)16(22)10-17(23)20(21)25/h2-10,26-27H,11-12H2,1H3. The van der Waals surface area contributed by atoms with E-state index in [0.717, 1.165) is 11.3 Å². The summed E-state index contributed by atoms with van der Waals surface area (Å²) in [5.41, 5.74) is 8.22. The zero-order chi connectivity index (χ0) is 20.8. The molecule has 29 heavy (non-hydrogen) atoms. The Kier molecular flexibility index (Phi) is 6.56. The second-order valence-electron chi connectivity index (χ2n) is 6.08. The zero-order valence-corrected chi connectivity index (χ0v) is 15.4. The van der Waals surface area contributed by atoms with Crippen LogP contribution in [0.25, 0.3) is 0 Å². The Morgan fingerprint density at radius 1 is 0.862 bits per heavy atom. The average Bonchev–Trinajstić information content (AvgIpc) is 2.73. The fourth-order valence-electron chi connectivity index (χ4n) is 2.65. The molecule has 0 aliphatic rings. The Morgan fingerprint density at radius 3 is 2.21 bits per heavy atom. The highest BCUT2D eigenvalue weighted by Gasteiger charge is 2.21. The van der Waals surface area contributed by atoms with Gasteiger partial charge in [0, 0.05) is 23.9 Å². The van der Waals surface area contributed by atoms with Crippen molar-refractivity contribution in [3.63, 3.8) is 0 Å². The van der Waals surface area contributed by atoms with Crippen LogP contribution in [0.1, 0.15) is 11.1 Å². The van der Waals surface area contributed by atoms with Gasteiger partial charge in [-0.15, -0.1) is 0 Å². The van der Waals surface area contributed by atoms with E-state index in [9.17, 15) is 17.6 Å². The van der Waals surface area contributed by atoms with E-state index in [1.54, 1.807) is 18.2 Å². The van der Waals surface area contributed by atoms with E-state index in [0.29, 0.717) is 17.9 Å². The molecule has 0 aliphatic carbocycles. The summed E-state index contributed by atoms with van der Waals surface area (Å²) < 4.78 is 64.5. The molecular formula is C21H18F4N2O2. The molecule has 2 N–H and O–H groups in total. The van der Waals surface area contributed by atoms with Gasteiger partial charge in [0.05, 0.1) is 7.11 Å². The predicted molar refractivity (Wildman–Crippen MR) is 101 cm³/mol. The fraction of sp³-hybridized carbons (Fsp3) is 0.143. The molecule has 4 nitrogen and oxygen atoms in total. The third kappa shape index (κ3) is 4.97. The van der Waals surface area contributed by atoms with Crippen molar-refractivity contribution >= 4 is 5.69 Å². The number of rotatable bonds is 8. The molecule has 0 saturated heterocycles. The molecule has 8 heteroatoms. The van der Waals surface area contributed by atoms with Gasteiger partial charge in [-0.3, -0.25) is 0 Å². The fourth-order valence-corrected chi connectivity index (χ4v) is 2.65. The highest BCUT2D eigenvalue weighted by Crippen LogP contribution is 2.29. The number of hydrazine groups is 1. The minimum Gasteiger partial charge on any atom is -0.496 e. The first-order valence-electron chi connectivity index (χ1n) is 8.65. The maximum absolute atomic E-state index is 13.8. The monoisotopic (exact) mass is 406 g/mol. The van der Waals surface area contributed by atoms with Crippen LogP contribution in [-0.2, 0) is 13.2 Å². The molecule has 0 heterocycles.